The summed E-state index contributed by atoms with van der Waals surface area (Å²) in [7, 11) is 0. The minimum Gasteiger partial charge on any atom is -0.394 e. The van der Waals surface area contributed by atoms with Gasteiger partial charge in [-0.25, -0.2) is 0 Å². The quantitative estimate of drug-likeness (QED) is 0.0207. The van der Waals surface area contributed by atoms with Crippen molar-refractivity contribution in [2.24, 2.45) is 0 Å². The molecular formula is C56H101NO13. The fraction of sp³-hybridized carbons (Fsp3) is 0.839. The molecule has 2 aliphatic rings. The summed E-state index contributed by atoms with van der Waals surface area (Å²) in [4.78, 5) is 13.1. The number of carbonyl (C=O) groups is 1. The highest BCUT2D eigenvalue weighted by Crippen LogP contribution is 2.30. The number of allylic oxidation sites excluding steroid dienone is 8. The van der Waals surface area contributed by atoms with Gasteiger partial charge in [-0.2, -0.15) is 0 Å². The van der Waals surface area contributed by atoms with Crippen molar-refractivity contribution in [1.29, 1.82) is 0 Å². The molecule has 9 N–H and O–H groups in total. The van der Waals surface area contributed by atoms with Crippen molar-refractivity contribution in [2.45, 2.75) is 280 Å². The molecule has 2 fully saturated rings. The van der Waals surface area contributed by atoms with Crippen molar-refractivity contribution >= 4 is 5.91 Å². The summed E-state index contributed by atoms with van der Waals surface area (Å²) in [5.41, 5.74) is 0. The molecule has 0 aromatic heterocycles. The van der Waals surface area contributed by atoms with Crippen LogP contribution in [0.4, 0.5) is 0 Å². The highest BCUT2D eigenvalue weighted by Gasteiger charge is 2.51. The topological polar surface area (TPSA) is 228 Å². The van der Waals surface area contributed by atoms with E-state index in [4.69, 9.17) is 18.9 Å². The molecule has 12 atom stereocenters. The Hall–Kier alpha value is -2.05. The molecule has 70 heavy (non-hydrogen) atoms. The van der Waals surface area contributed by atoms with Crippen molar-refractivity contribution in [2.75, 3.05) is 19.8 Å². The maximum absolute atomic E-state index is 13.1. The van der Waals surface area contributed by atoms with Crippen molar-refractivity contribution in [3.8, 4) is 0 Å². The molecule has 408 valence electrons. The molecule has 14 nitrogen and oxygen atoms in total. The van der Waals surface area contributed by atoms with Gasteiger partial charge < -0.3 is 65.1 Å². The number of hydrogen-bond acceptors (Lipinski definition) is 13. The zero-order valence-corrected chi connectivity index (χ0v) is 43.5. The number of aliphatic hydroxyl groups is 8. The monoisotopic (exact) mass is 996 g/mol. The molecule has 0 saturated carbocycles. The Morgan fingerprint density at radius 1 is 0.529 bits per heavy atom. The van der Waals surface area contributed by atoms with Crippen LogP contribution in [0.15, 0.2) is 48.6 Å². The lowest BCUT2D eigenvalue weighted by Crippen LogP contribution is -2.65. The molecule has 0 aromatic carbocycles. The van der Waals surface area contributed by atoms with Crippen LogP contribution in [0.5, 0.6) is 0 Å². The van der Waals surface area contributed by atoms with E-state index < -0.39 is 86.8 Å². The van der Waals surface area contributed by atoms with Gasteiger partial charge in [-0.15, -0.1) is 0 Å². The zero-order chi connectivity index (χ0) is 51.0. The van der Waals surface area contributed by atoms with Gasteiger partial charge in [0.05, 0.1) is 32.0 Å². The van der Waals surface area contributed by atoms with Gasteiger partial charge in [0.2, 0.25) is 5.91 Å². The van der Waals surface area contributed by atoms with Crippen LogP contribution in [0, 0.1) is 0 Å². The molecule has 1 amide bonds. The number of amides is 1. The number of unbranched alkanes of at least 4 members (excludes halogenated alkanes) is 22. The Labute approximate surface area is 423 Å². The number of carbonyl (C=O) groups excluding carboxylic acids is 1. The normalized spacial score (nSPS) is 26.3. The maximum atomic E-state index is 13.1. The van der Waals surface area contributed by atoms with E-state index in [0.717, 1.165) is 83.5 Å². The van der Waals surface area contributed by atoms with Gasteiger partial charge in [0.25, 0.3) is 0 Å². The minimum absolute atomic E-state index is 0.214. The van der Waals surface area contributed by atoms with Crippen LogP contribution in [0.2, 0.25) is 0 Å². The molecule has 2 rings (SSSR count). The first kappa shape index (κ1) is 64.1. The molecule has 2 saturated heterocycles. The number of hydrogen-bond donors (Lipinski definition) is 9. The predicted molar refractivity (Wildman–Crippen MR) is 277 cm³/mol. The molecule has 2 aliphatic heterocycles. The fourth-order valence-electron chi connectivity index (χ4n) is 9.05. The van der Waals surface area contributed by atoms with E-state index in [1.54, 1.807) is 0 Å². The molecule has 0 aliphatic carbocycles. The number of ether oxygens (including phenoxy) is 4. The third-order valence-corrected chi connectivity index (χ3v) is 13.6. The summed E-state index contributed by atoms with van der Waals surface area (Å²) in [5.74, 6) is -0.214. The Bertz CT molecular complexity index is 1360. The van der Waals surface area contributed by atoms with Crippen LogP contribution in [0.3, 0.4) is 0 Å². The van der Waals surface area contributed by atoms with E-state index in [0.29, 0.717) is 12.8 Å². The molecule has 0 radical (unpaired) electrons. The van der Waals surface area contributed by atoms with Crippen molar-refractivity contribution < 1.29 is 64.6 Å². The summed E-state index contributed by atoms with van der Waals surface area (Å²) >= 11 is 0. The molecule has 0 aromatic rings. The van der Waals surface area contributed by atoms with Crippen LogP contribution in [0.1, 0.15) is 206 Å². The number of nitrogens with one attached hydrogen (secondary N) is 1. The van der Waals surface area contributed by atoms with E-state index in [1.165, 1.54) is 96.3 Å². The summed E-state index contributed by atoms with van der Waals surface area (Å²) in [6, 6.07) is -0.824. The predicted octanol–water partition coefficient (Wildman–Crippen LogP) is 8.44. The lowest BCUT2D eigenvalue weighted by molar-refractivity contribution is -0.359. The van der Waals surface area contributed by atoms with Crippen LogP contribution in [0.25, 0.3) is 0 Å². The Morgan fingerprint density at radius 2 is 0.986 bits per heavy atom. The number of rotatable bonds is 43. The average molecular weight is 996 g/mol. The average Bonchev–Trinajstić information content (AvgIpc) is 3.36. The summed E-state index contributed by atoms with van der Waals surface area (Å²) < 4.78 is 22.6. The lowest BCUT2D eigenvalue weighted by Gasteiger charge is -2.46. The van der Waals surface area contributed by atoms with E-state index in [9.17, 15) is 45.6 Å². The van der Waals surface area contributed by atoms with E-state index in [-0.39, 0.29) is 12.5 Å². The summed E-state index contributed by atoms with van der Waals surface area (Å²) in [6.07, 6.45) is 34.9. The highest BCUT2D eigenvalue weighted by atomic mass is 16.7. The second kappa shape index (κ2) is 42.3. The number of aliphatic hydroxyl groups excluding tert-OH is 8. The molecule has 0 bridgehead atoms. The van der Waals surface area contributed by atoms with Crippen LogP contribution < -0.4 is 5.32 Å². The first-order chi connectivity index (χ1) is 34.1. The smallest absolute Gasteiger partial charge is 0.220 e. The van der Waals surface area contributed by atoms with E-state index >= 15 is 0 Å². The third kappa shape index (κ3) is 28.4. The standard InChI is InChI=1S/C56H101NO13/c1-3-5-7-9-10-11-12-13-14-15-16-17-18-19-20-21-22-23-24-25-26-27-28-29-30-31-32-33-34-36-38-40-48(61)57-44(45(60)39-37-35-8-6-4-2)43-67-55-53(66)51(64)54(47(42-59)69-55)70-56-52(65)50(63)49(62)46(41-58)68-56/h5,7,10-11,13-14,16-17,44-47,49-56,58-60,62-66H,3-4,6,8-9,12,15,18-43H2,1-2H3,(H,57,61)/b7-5-,11-10-,14-13-,17-16-. The fourth-order valence-corrected chi connectivity index (χ4v) is 9.05. The second-order valence-electron chi connectivity index (χ2n) is 19.7. The van der Waals surface area contributed by atoms with Crippen molar-refractivity contribution in [3.05, 3.63) is 48.6 Å². The third-order valence-electron chi connectivity index (χ3n) is 13.6. The molecule has 2 heterocycles. The molecular weight excluding hydrogens is 895 g/mol. The van der Waals surface area contributed by atoms with Crippen molar-refractivity contribution in [1.82, 2.24) is 5.32 Å². The van der Waals surface area contributed by atoms with Gasteiger partial charge in [-0.3, -0.25) is 4.79 Å². The Kier molecular flexibility index (Phi) is 38.7. The largest absolute Gasteiger partial charge is 0.394 e. The van der Waals surface area contributed by atoms with E-state index in [1.807, 2.05) is 0 Å². The lowest BCUT2D eigenvalue weighted by atomic mass is 9.97. The maximum Gasteiger partial charge on any atom is 0.220 e. The van der Waals surface area contributed by atoms with E-state index in [2.05, 4.69) is 67.8 Å². The van der Waals surface area contributed by atoms with Crippen LogP contribution in [-0.4, -0.2) is 140 Å². The SMILES string of the molecule is CC/C=C\C/C=C\C/C=C\C/C=C\CCCCCCCCCCCCCCCCCCCCC(=O)NC(COC1OC(CO)C(OC2OC(CO)C(O)C(O)C2O)C(O)C1O)C(O)CCCCCCC. The van der Waals surface area contributed by atoms with Crippen LogP contribution in [-0.2, 0) is 23.7 Å². The van der Waals surface area contributed by atoms with Gasteiger partial charge in [-0.1, -0.05) is 197 Å². The van der Waals surface area contributed by atoms with Gasteiger partial charge >= 0.3 is 0 Å². The first-order valence-corrected chi connectivity index (χ1v) is 27.9. The van der Waals surface area contributed by atoms with Gasteiger partial charge in [0, 0.05) is 6.42 Å². The highest BCUT2D eigenvalue weighted by molar-refractivity contribution is 5.76. The Balaban J connectivity index is 1.56. The van der Waals surface area contributed by atoms with Crippen LogP contribution >= 0.6 is 0 Å². The van der Waals surface area contributed by atoms with Gasteiger partial charge in [0.15, 0.2) is 12.6 Å². The molecule has 12 unspecified atom stereocenters. The minimum atomic E-state index is -1.78. The second-order valence-corrected chi connectivity index (χ2v) is 19.7. The Morgan fingerprint density at radius 3 is 1.51 bits per heavy atom. The molecule has 0 spiro atoms. The zero-order valence-electron chi connectivity index (χ0n) is 43.5. The first-order valence-electron chi connectivity index (χ1n) is 27.9. The summed E-state index contributed by atoms with van der Waals surface area (Å²) in [5, 5.41) is 86.5. The molecule has 14 heteroatoms. The van der Waals surface area contributed by atoms with Crippen molar-refractivity contribution in [3.63, 3.8) is 0 Å². The van der Waals surface area contributed by atoms with Gasteiger partial charge in [0.1, 0.15) is 48.8 Å². The van der Waals surface area contributed by atoms with Gasteiger partial charge in [-0.05, 0) is 51.4 Å². The summed E-state index contributed by atoms with van der Waals surface area (Å²) in [6.45, 7) is 2.64.